The summed E-state index contributed by atoms with van der Waals surface area (Å²) in [6, 6.07) is 4.45. The van der Waals surface area contributed by atoms with Gasteiger partial charge in [0.2, 0.25) is 0 Å². The fraction of sp³-hybridized carbons (Fsp3) is 0.438. The van der Waals surface area contributed by atoms with Crippen LogP contribution in [0.15, 0.2) is 24.3 Å². The summed E-state index contributed by atoms with van der Waals surface area (Å²) in [5.74, 6) is -0.105. The summed E-state index contributed by atoms with van der Waals surface area (Å²) >= 11 is 0. The molecule has 0 unspecified atom stereocenters. The lowest BCUT2D eigenvalue weighted by Gasteiger charge is -2.19. The highest BCUT2D eigenvalue weighted by molar-refractivity contribution is 5.68. The number of nitrogens with one attached hydrogen (secondary N) is 1. The van der Waals surface area contributed by atoms with Crippen molar-refractivity contribution in [1.82, 2.24) is 5.32 Å². The molecule has 0 aliphatic heterocycles. The fourth-order valence-corrected chi connectivity index (χ4v) is 1.59. The van der Waals surface area contributed by atoms with Crippen molar-refractivity contribution in [2.75, 3.05) is 19.8 Å². The molecule has 1 amide bonds. The zero-order chi connectivity index (χ0) is 16.6. The van der Waals surface area contributed by atoms with Crippen LogP contribution in [0.2, 0.25) is 0 Å². The number of amides is 1. The molecule has 0 radical (unpaired) electrons. The molecule has 0 saturated heterocycles. The zero-order valence-electron chi connectivity index (χ0n) is 13.1. The Kier molecular flexibility index (Phi) is 6.85. The average Bonchev–Trinajstić information content (AvgIpc) is 2.41. The molecule has 0 bridgehead atoms. The van der Waals surface area contributed by atoms with Crippen LogP contribution in [0.3, 0.4) is 0 Å². The number of halogens is 1. The number of carbonyl (C=O) groups excluding carboxylic acids is 1. The number of hydrogen-bond acceptors (Lipinski definition) is 4. The van der Waals surface area contributed by atoms with Crippen LogP contribution < -0.4 is 10.1 Å². The topological polar surface area (TPSA) is 67.8 Å². The van der Waals surface area contributed by atoms with E-state index < -0.39 is 17.5 Å². The Morgan fingerprint density at radius 1 is 1.41 bits per heavy atom. The molecule has 0 atom stereocenters. The van der Waals surface area contributed by atoms with Gasteiger partial charge >= 0.3 is 6.09 Å². The molecule has 22 heavy (non-hydrogen) atoms. The third-order valence-electron chi connectivity index (χ3n) is 2.41. The first-order valence-corrected chi connectivity index (χ1v) is 6.99. The molecule has 1 aromatic rings. The van der Waals surface area contributed by atoms with E-state index in [1.807, 2.05) is 0 Å². The zero-order valence-corrected chi connectivity index (χ0v) is 13.1. The highest BCUT2D eigenvalue weighted by Crippen LogP contribution is 2.22. The molecule has 122 valence electrons. The van der Waals surface area contributed by atoms with Gasteiger partial charge in [0, 0.05) is 6.54 Å². The van der Waals surface area contributed by atoms with Gasteiger partial charge in [-0.2, -0.15) is 0 Å². The van der Waals surface area contributed by atoms with E-state index >= 15 is 0 Å². The molecule has 1 aromatic carbocycles. The molecular formula is C16H22FNO4. The Labute approximate surface area is 129 Å². The molecule has 0 aliphatic rings. The third kappa shape index (κ3) is 6.58. The minimum Gasteiger partial charge on any atom is -0.490 e. The third-order valence-corrected chi connectivity index (χ3v) is 2.41. The van der Waals surface area contributed by atoms with Crippen LogP contribution in [0.4, 0.5) is 9.18 Å². The maximum absolute atomic E-state index is 13.8. The van der Waals surface area contributed by atoms with Gasteiger partial charge in [-0.15, -0.1) is 0 Å². The van der Waals surface area contributed by atoms with E-state index in [2.05, 4.69) is 5.32 Å². The number of benzene rings is 1. The predicted molar refractivity (Wildman–Crippen MR) is 82.3 cm³/mol. The first-order valence-electron chi connectivity index (χ1n) is 6.99. The van der Waals surface area contributed by atoms with Gasteiger partial charge in [-0.05, 0) is 32.9 Å². The van der Waals surface area contributed by atoms with Gasteiger partial charge in [0.05, 0.1) is 12.2 Å². The first kappa shape index (κ1) is 18.0. The standard InChI is InChI=1S/C16H22FNO4/c1-16(2,3)22-15(20)18-9-5-6-12-13(17)7-4-8-14(12)21-11-10-19/h4-8,19H,9-11H2,1-3H3,(H,18,20). The first-order chi connectivity index (χ1) is 10.3. The summed E-state index contributed by atoms with van der Waals surface area (Å²) in [6.45, 7) is 5.44. The van der Waals surface area contributed by atoms with Crippen molar-refractivity contribution in [3.05, 3.63) is 35.7 Å². The van der Waals surface area contributed by atoms with Crippen molar-refractivity contribution in [1.29, 1.82) is 0 Å². The second kappa shape index (κ2) is 8.38. The fourth-order valence-electron chi connectivity index (χ4n) is 1.59. The smallest absolute Gasteiger partial charge is 0.407 e. The molecule has 0 heterocycles. The van der Waals surface area contributed by atoms with Crippen LogP contribution in [-0.4, -0.2) is 36.6 Å². The lowest BCUT2D eigenvalue weighted by molar-refractivity contribution is 0.0534. The SMILES string of the molecule is CC(C)(C)OC(=O)NCC=Cc1c(F)cccc1OCCO. The van der Waals surface area contributed by atoms with E-state index in [-0.39, 0.29) is 25.3 Å². The van der Waals surface area contributed by atoms with Crippen molar-refractivity contribution >= 4 is 12.2 Å². The number of ether oxygens (including phenoxy) is 2. The summed E-state index contributed by atoms with van der Waals surface area (Å²) in [5, 5.41) is 11.3. The molecule has 0 spiro atoms. The lowest BCUT2D eigenvalue weighted by atomic mass is 10.1. The summed E-state index contributed by atoms with van der Waals surface area (Å²) in [4.78, 5) is 11.5. The van der Waals surface area contributed by atoms with Crippen molar-refractivity contribution in [2.24, 2.45) is 0 Å². The number of hydrogen-bond donors (Lipinski definition) is 2. The summed E-state index contributed by atoms with van der Waals surface area (Å²) in [7, 11) is 0. The molecule has 2 N–H and O–H groups in total. The summed E-state index contributed by atoms with van der Waals surface area (Å²) in [5.41, 5.74) is -0.299. The van der Waals surface area contributed by atoms with E-state index in [1.54, 1.807) is 32.9 Å². The quantitative estimate of drug-likeness (QED) is 0.847. The average molecular weight is 311 g/mol. The monoisotopic (exact) mass is 311 g/mol. The van der Waals surface area contributed by atoms with E-state index in [9.17, 15) is 9.18 Å². The molecule has 5 nitrogen and oxygen atoms in total. The van der Waals surface area contributed by atoms with Crippen molar-refractivity contribution in [3.63, 3.8) is 0 Å². The number of carbonyl (C=O) groups is 1. The Balaban J connectivity index is 2.61. The minimum atomic E-state index is -0.565. The van der Waals surface area contributed by atoms with Crippen LogP contribution in [0.1, 0.15) is 26.3 Å². The molecule has 1 rings (SSSR count). The molecule has 0 aromatic heterocycles. The van der Waals surface area contributed by atoms with Gasteiger partial charge in [-0.3, -0.25) is 0 Å². The van der Waals surface area contributed by atoms with Gasteiger partial charge in [0.15, 0.2) is 0 Å². The highest BCUT2D eigenvalue weighted by atomic mass is 19.1. The Hall–Kier alpha value is -2.08. The second-order valence-electron chi connectivity index (χ2n) is 5.51. The van der Waals surface area contributed by atoms with Crippen LogP contribution in [-0.2, 0) is 4.74 Å². The largest absolute Gasteiger partial charge is 0.490 e. The van der Waals surface area contributed by atoms with Gasteiger partial charge in [-0.25, -0.2) is 9.18 Å². The number of alkyl carbamates (subject to hydrolysis) is 1. The molecule has 0 saturated carbocycles. The van der Waals surface area contributed by atoms with Gasteiger partial charge in [0.25, 0.3) is 0 Å². The molecule has 0 fully saturated rings. The maximum Gasteiger partial charge on any atom is 0.407 e. The van der Waals surface area contributed by atoms with Crippen molar-refractivity contribution < 1.29 is 23.8 Å². The Morgan fingerprint density at radius 2 is 2.14 bits per heavy atom. The van der Waals surface area contributed by atoms with Crippen molar-refractivity contribution in [2.45, 2.75) is 26.4 Å². The normalized spacial score (nSPS) is 11.5. The Morgan fingerprint density at radius 3 is 2.77 bits per heavy atom. The van der Waals surface area contributed by atoms with Crippen molar-refractivity contribution in [3.8, 4) is 5.75 Å². The molecule has 0 aliphatic carbocycles. The lowest BCUT2D eigenvalue weighted by Crippen LogP contribution is -2.32. The summed E-state index contributed by atoms with van der Waals surface area (Å²) < 4.78 is 24.1. The number of rotatable bonds is 6. The molecule has 6 heteroatoms. The van der Waals surface area contributed by atoms with Gasteiger partial charge < -0.3 is 19.9 Å². The highest BCUT2D eigenvalue weighted by Gasteiger charge is 2.15. The van der Waals surface area contributed by atoms with Crippen LogP contribution in [0, 0.1) is 5.82 Å². The van der Waals surface area contributed by atoms with E-state index in [1.165, 1.54) is 18.2 Å². The number of aliphatic hydroxyl groups excluding tert-OH is 1. The van der Waals surface area contributed by atoms with Gasteiger partial charge in [-0.1, -0.05) is 18.2 Å². The van der Waals surface area contributed by atoms with E-state index in [4.69, 9.17) is 14.6 Å². The van der Waals surface area contributed by atoms with Crippen LogP contribution >= 0.6 is 0 Å². The number of aliphatic hydroxyl groups is 1. The van der Waals surface area contributed by atoms with Crippen LogP contribution in [0.25, 0.3) is 6.08 Å². The maximum atomic E-state index is 13.8. The summed E-state index contributed by atoms with van der Waals surface area (Å²) in [6.07, 6.45) is 2.57. The molecular weight excluding hydrogens is 289 g/mol. The second-order valence-corrected chi connectivity index (χ2v) is 5.51. The van der Waals surface area contributed by atoms with Gasteiger partial charge in [0.1, 0.15) is 23.8 Å². The van der Waals surface area contributed by atoms with Crippen LogP contribution in [0.5, 0.6) is 5.75 Å². The predicted octanol–water partition coefficient (Wildman–Crippen LogP) is 2.73. The van der Waals surface area contributed by atoms with E-state index in [0.717, 1.165) is 0 Å². The minimum absolute atomic E-state index is 0.0838. The Bertz CT molecular complexity index is 523. The van der Waals surface area contributed by atoms with E-state index in [0.29, 0.717) is 5.75 Å².